The van der Waals surface area contributed by atoms with E-state index in [1.807, 2.05) is 11.0 Å². The maximum atomic E-state index is 11.9. The van der Waals surface area contributed by atoms with Crippen LogP contribution in [0.1, 0.15) is 23.2 Å². The third kappa shape index (κ3) is 4.40. The van der Waals surface area contributed by atoms with Gasteiger partial charge in [0.05, 0.1) is 36.4 Å². The fourth-order valence-corrected chi connectivity index (χ4v) is 2.27. The average Bonchev–Trinajstić information content (AvgIpc) is 2.58. The Morgan fingerprint density at radius 2 is 2.17 bits per heavy atom. The number of unbranched alkanes of at least 4 members (excludes halogenated alkanes) is 1. The molecule has 1 aliphatic rings. The molecule has 0 spiro atoms. The van der Waals surface area contributed by atoms with Crippen LogP contribution in [-0.2, 0) is 9.47 Å². The summed E-state index contributed by atoms with van der Waals surface area (Å²) in [4.78, 5) is 24.6. The van der Waals surface area contributed by atoms with Gasteiger partial charge in [0.1, 0.15) is 5.69 Å². The highest BCUT2D eigenvalue weighted by atomic mass is 16.6. The number of rotatable bonds is 6. The number of nitriles is 1. The molecule has 0 aromatic heterocycles. The van der Waals surface area contributed by atoms with Crippen LogP contribution >= 0.6 is 0 Å². The summed E-state index contributed by atoms with van der Waals surface area (Å²) in [5, 5.41) is 19.7. The monoisotopic (exact) mass is 319 g/mol. The topological polar surface area (TPSA) is 106 Å². The maximum Gasteiger partial charge on any atom is 0.338 e. The number of esters is 1. The van der Waals surface area contributed by atoms with Crippen LogP contribution in [0.2, 0.25) is 0 Å². The molecule has 2 rings (SSSR count). The lowest BCUT2D eigenvalue weighted by molar-refractivity contribution is -0.384. The van der Waals surface area contributed by atoms with Crippen molar-refractivity contribution in [3.63, 3.8) is 0 Å². The molecule has 0 bridgehead atoms. The van der Waals surface area contributed by atoms with E-state index in [0.29, 0.717) is 44.8 Å². The number of morpholine rings is 1. The van der Waals surface area contributed by atoms with Gasteiger partial charge in [-0.2, -0.15) is 5.26 Å². The molecular weight excluding hydrogens is 302 g/mol. The molecule has 0 radical (unpaired) electrons. The van der Waals surface area contributed by atoms with Gasteiger partial charge >= 0.3 is 5.97 Å². The van der Waals surface area contributed by atoms with Gasteiger partial charge in [-0.25, -0.2) is 4.79 Å². The third-order valence-corrected chi connectivity index (χ3v) is 3.43. The first kappa shape index (κ1) is 16.7. The van der Waals surface area contributed by atoms with Gasteiger partial charge in [0.2, 0.25) is 0 Å². The van der Waals surface area contributed by atoms with E-state index in [-0.39, 0.29) is 17.9 Å². The molecule has 0 N–H and O–H groups in total. The highest BCUT2D eigenvalue weighted by Gasteiger charge is 2.23. The van der Waals surface area contributed by atoms with Crippen molar-refractivity contribution < 1.29 is 19.2 Å². The van der Waals surface area contributed by atoms with Crippen LogP contribution in [0, 0.1) is 21.4 Å². The summed E-state index contributed by atoms with van der Waals surface area (Å²) in [5.74, 6) is -0.625. The van der Waals surface area contributed by atoms with E-state index in [1.54, 1.807) is 6.07 Å². The van der Waals surface area contributed by atoms with E-state index >= 15 is 0 Å². The summed E-state index contributed by atoms with van der Waals surface area (Å²) in [5.41, 5.74) is 0.475. The normalized spacial score (nSPS) is 14.1. The number of carbonyl (C=O) groups is 1. The summed E-state index contributed by atoms with van der Waals surface area (Å²) in [7, 11) is 0. The Hall–Kier alpha value is -2.66. The Morgan fingerprint density at radius 3 is 2.83 bits per heavy atom. The second kappa shape index (κ2) is 8.10. The van der Waals surface area contributed by atoms with Crippen molar-refractivity contribution in [2.45, 2.75) is 12.8 Å². The van der Waals surface area contributed by atoms with Crippen LogP contribution < -0.4 is 4.90 Å². The number of carbonyl (C=O) groups excluding carboxylic acids is 1. The zero-order chi connectivity index (χ0) is 16.7. The van der Waals surface area contributed by atoms with Gasteiger partial charge < -0.3 is 14.4 Å². The number of nitro groups is 1. The van der Waals surface area contributed by atoms with Gasteiger partial charge in [-0.3, -0.25) is 10.1 Å². The second-order valence-corrected chi connectivity index (χ2v) is 4.96. The molecule has 8 nitrogen and oxygen atoms in total. The molecule has 1 heterocycles. The van der Waals surface area contributed by atoms with Gasteiger partial charge in [-0.05, 0) is 18.6 Å². The smallest absolute Gasteiger partial charge is 0.338 e. The van der Waals surface area contributed by atoms with Gasteiger partial charge in [-0.15, -0.1) is 0 Å². The van der Waals surface area contributed by atoms with Gasteiger partial charge in [-0.1, -0.05) is 0 Å². The SMILES string of the molecule is N#CCCCOC(=O)c1ccc(N2CCOCC2)c([N+](=O)[O-])c1. The predicted molar refractivity (Wildman–Crippen MR) is 81.3 cm³/mol. The van der Waals surface area contributed by atoms with Crippen molar-refractivity contribution in [2.24, 2.45) is 0 Å². The minimum atomic E-state index is -0.625. The van der Waals surface area contributed by atoms with Crippen LogP contribution in [0.25, 0.3) is 0 Å². The van der Waals surface area contributed by atoms with Crippen molar-refractivity contribution in [1.82, 2.24) is 0 Å². The quantitative estimate of drug-likeness (QED) is 0.341. The summed E-state index contributed by atoms with van der Waals surface area (Å²) in [6.07, 6.45) is 0.736. The molecule has 23 heavy (non-hydrogen) atoms. The van der Waals surface area contributed by atoms with Crippen molar-refractivity contribution in [1.29, 1.82) is 5.26 Å². The number of nitro benzene ring substituents is 1. The second-order valence-electron chi connectivity index (χ2n) is 4.96. The zero-order valence-corrected chi connectivity index (χ0v) is 12.6. The van der Waals surface area contributed by atoms with E-state index < -0.39 is 10.9 Å². The fraction of sp³-hybridized carbons (Fsp3) is 0.467. The Labute approximate surface area is 133 Å². The average molecular weight is 319 g/mol. The minimum Gasteiger partial charge on any atom is -0.462 e. The molecule has 0 saturated carbocycles. The Kier molecular flexibility index (Phi) is 5.88. The highest BCUT2D eigenvalue weighted by Crippen LogP contribution is 2.30. The molecule has 122 valence electrons. The van der Waals surface area contributed by atoms with Crippen molar-refractivity contribution >= 4 is 17.3 Å². The lowest BCUT2D eigenvalue weighted by Gasteiger charge is -2.28. The molecule has 1 aromatic rings. The Bertz CT molecular complexity index is 620. The number of benzene rings is 1. The lowest BCUT2D eigenvalue weighted by Crippen LogP contribution is -2.36. The first-order valence-corrected chi connectivity index (χ1v) is 7.28. The molecule has 0 atom stereocenters. The minimum absolute atomic E-state index is 0.116. The number of hydrogen-bond donors (Lipinski definition) is 0. The molecule has 1 fully saturated rings. The molecule has 8 heteroatoms. The molecule has 0 amide bonds. The largest absolute Gasteiger partial charge is 0.462 e. The highest BCUT2D eigenvalue weighted by molar-refractivity contribution is 5.91. The van der Waals surface area contributed by atoms with Gasteiger partial charge in [0.25, 0.3) is 5.69 Å². The molecule has 1 aromatic carbocycles. The number of hydrogen-bond acceptors (Lipinski definition) is 7. The molecular formula is C15H17N3O5. The van der Waals surface area contributed by atoms with Crippen molar-refractivity contribution in [2.75, 3.05) is 37.8 Å². The number of anilines is 1. The zero-order valence-electron chi connectivity index (χ0n) is 12.6. The Balaban J connectivity index is 2.13. The summed E-state index contributed by atoms with van der Waals surface area (Å²) < 4.78 is 10.2. The van der Waals surface area contributed by atoms with E-state index in [1.165, 1.54) is 12.1 Å². The fourth-order valence-electron chi connectivity index (χ4n) is 2.27. The summed E-state index contributed by atoms with van der Waals surface area (Å²) in [6, 6.07) is 6.27. The van der Waals surface area contributed by atoms with E-state index in [2.05, 4.69) is 0 Å². The van der Waals surface area contributed by atoms with E-state index in [0.717, 1.165) is 0 Å². The molecule has 1 saturated heterocycles. The van der Waals surface area contributed by atoms with E-state index in [4.69, 9.17) is 14.7 Å². The molecule has 0 unspecified atom stereocenters. The van der Waals surface area contributed by atoms with Crippen LogP contribution in [-0.4, -0.2) is 43.8 Å². The summed E-state index contributed by atoms with van der Waals surface area (Å²) in [6.45, 7) is 2.28. The molecule has 1 aliphatic heterocycles. The van der Waals surface area contributed by atoms with E-state index in [9.17, 15) is 14.9 Å². The van der Waals surface area contributed by atoms with Gasteiger partial charge in [0, 0.05) is 25.6 Å². The summed E-state index contributed by atoms with van der Waals surface area (Å²) >= 11 is 0. The van der Waals surface area contributed by atoms with Gasteiger partial charge in [0.15, 0.2) is 0 Å². The standard InChI is InChI=1S/C15H17N3O5/c16-5-1-2-8-23-15(19)12-3-4-13(14(11-12)18(20)21)17-6-9-22-10-7-17/h3-4,11H,1-2,6-10H2. The third-order valence-electron chi connectivity index (χ3n) is 3.43. The van der Waals surface area contributed by atoms with Crippen LogP contribution in [0.3, 0.4) is 0 Å². The number of nitrogens with zero attached hydrogens (tertiary/aromatic N) is 3. The van der Waals surface area contributed by atoms with Crippen LogP contribution in [0.4, 0.5) is 11.4 Å². The first-order chi connectivity index (χ1) is 11.1. The van der Waals surface area contributed by atoms with Crippen molar-refractivity contribution in [3.05, 3.63) is 33.9 Å². The molecule has 0 aliphatic carbocycles. The maximum absolute atomic E-state index is 11.9. The van der Waals surface area contributed by atoms with Crippen LogP contribution in [0.15, 0.2) is 18.2 Å². The number of ether oxygens (including phenoxy) is 2. The Morgan fingerprint density at radius 1 is 1.43 bits per heavy atom. The first-order valence-electron chi connectivity index (χ1n) is 7.28. The van der Waals surface area contributed by atoms with Crippen LogP contribution in [0.5, 0.6) is 0 Å². The predicted octanol–water partition coefficient (Wildman–Crippen LogP) is 1.89. The lowest BCUT2D eigenvalue weighted by atomic mass is 10.1. The van der Waals surface area contributed by atoms with Crippen molar-refractivity contribution in [3.8, 4) is 6.07 Å².